The van der Waals surface area contributed by atoms with E-state index in [1.165, 1.54) is 30.5 Å². The molecule has 0 aliphatic heterocycles. The molecule has 0 spiro atoms. The number of hydrogen-bond donors (Lipinski definition) is 1. The quantitative estimate of drug-likeness (QED) is 0.878. The number of carbonyl (C=O) groups excluding carboxylic acids is 1. The number of nitrogens with two attached hydrogens (primary N) is 1. The van der Waals surface area contributed by atoms with E-state index in [1.54, 1.807) is 6.07 Å². The minimum absolute atomic E-state index is 0.0147. The molecule has 0 saturated carbocycles. The van der Waals surface area contributed by atoms with Gasteiger partial charge < -0.3 is 10.5 Å². The Kier molecular flexibility index (Phi) is 3.97. The number of halogens is 2. The van der Waals surface area contributed by atoms with Gasteiger partial charge in [-0.15, -0.1) is 0 Å². The number of hydrogen-bond acceptors (Lipinski definition) is 4. The van der Waals surface area contributed by atoms with Crippen LogP contribution in [0.1, 0.15) is 16.1 Å². The third-order valence-electron chi connectivity index (χ3n) is 2.39. The number of ether oxygens (including phenoxy) is 1. The fourth-order valence-corrected chi connectivity index (χ4v) is 1.60. The molecule has 0 amide bonds. The summed E-state index contributed by atoms with van der Waals surface area (Å²) in [5.41, 5.74) is 6.20. The van der Waals surface area contributed by atoms with Gasteiger partial charge in [0.2, 0.25) is 0 Å². The normalized spacial score (nSPS) is 10.2. The van der Waals surface area contributed by atoms with Gasteiger partial charge in [-0.2, -0.15) is 0 Å². The first-order valence-electron chi connectivity index (χ1n) is 5.39. The molecule has 2 N–H and O–H groups in total. The summed E-state index contributed by atoms with van der Waals surface area (Å²) < 4.78 is 18.5. The number of esters is 1. The molecule has 2 aromatic rings. The average molecular weight is 281 g/mol. The van der Waals surface area contributed by atoms with E-state index in [2.05, 4.69) is 4.98 Å². The predicted octanol–water partition coefficient (Wildman–Crippen LogP) is 2.81. The number of benzene rings is 1. The molecule has 0 aliphatic carbocycles. The van der Waals surface area contributed by atoms with E-state index in [9.17, 15) is 9.18 Å². The molecule has 0 unspecified atom stereocenters. The molecule has 19 heavy (non-hydrogen) atoms. The second kappa shape index (κ2) is 5.67. The number of aromatic nitrogens is 1. The van der Waals surface area contributed by atoms with Gasteiger partial charge in [0.05, 0.1) is 16.9 Å². The summed E-state index contributed by atoms with van der Waals surface area (Å²) in [6.45, 7) is -0.211. The fraction of sp³-hybridized carbons (Fsp3) is 0.0769. The summed E-state index contributed by atoms with van der Waals surface area (Å²) >= 11 is 5.62. The number of carbonyl (C=O) groups is 1. The summed E-state index contributed by atoms with van der Waals surface area (Å²) in [6.07, 6.45) is 1.34. The van der Waals surface area contributed by atoms with Crippen molar-refractivity contribution in [2.75, 3.05) is 5.73 Å². The highest BCUT2D eigenvalue weighted by molar-refractivity contribution is 6.30. The molecule has 6 heteroatoms. The van der Waals surface area contributed by atoms with Crippen molar-refractivity contribution >= 4 is 23.3 Å². The van der Waals surface area contributed by atoms with Gasteiger partial charge in [0, 0.05) is 5.56 Å². The zero-order valence-electron chi connectivity index (χ0n) is 9.77. The average Bonchev–Trinajstić information content (AvgIpc) is 2.41. The van der Waals surface area contributed by atoms with E-state index in [-0.39, 0.29) is 22.9 Å². The van der Waals surface area contributed by atoms with Crippen LogP contribution in [0.5, 0.6) is 0 Å². The van der Waals surface area contributed by atoms with Crippen LogP contribution >= 0.6 is 11.6 Å². The molecule has 0 bridgehead atoms. The van der Waals surface area contributed by atoms with Gasteiger partial charge >= 0.3 is 5.97 Å². The maximum Gasteiger partial charge on any atom is 0.357 e. The molecule has 2 rings (SSSR count). The standard InChI is InChI=1S/C13H10ClFN2O2/c14-10-3-1-2-8(12(10)15)7-19-13(18)11-5-4-9(16)6-17-11/h1-6H,7,16H2. The lowest BCUT2D eigenvalue weighted by atomic mass is 10.2. The Morgan fingerprint density at radius 1 is 1.37 bits per heavy atom. The molecule has 1 aromatic heterocycles. The molecule has 4 nitrogen and oxygen atoms in total. The first-order valence-corrected chi connectivity index (χ1v) is 5.77. The van der Waals surface area contributed by atoms with Crippen molar-refractivity contribution in [1.82, 2.24) is 4.98 Å². The van der Waals surface area contributed by atoms with Gasteiger partial charge in [0.15, 0.2) is 0 Å². The maximum absolute atomic E-state index is 13.6. The molecule has 1 aromatic carbocycles. The molecular weight excluding hydrogens is 271 g/mol. The summed E-state index contributed by atoms with van der Waals surface area (Å²) in [7, 11) is 0. The lowest BCUT2D eigenvalue weighted by molar-refractivity contribution is 0.0462. The van der Waals surface area contributed by atoms with Crippen LogP contribution in [0.25, 0.3) is 0 Å². The van der Waals surface area contributed by atoms with Crippen molar-refractivity contribution in [2.24, 2.45) is 0 Å². The molecule has 1 heterocycles. The molecular formula is C13H10ClFN2O2. The molecule has 0 fully saturated rings. The minimum Gasteiger partial charge on any atom is -0.456 e. The van der Waals surface area contributed by atoms with Crippen LogP contribution in [0.15, 0.2) is 36.5 Å². The summed E-state index contributed by atoms with van der Waals surface area (Å²) in [6, 6.07) is 7.46. The van der Waals surface area contributed by atoms with E-state index >= 15 is 0 Å². The van der Waals surface area contributed by atoms with Crippen molar-refractivity contribution in [1.29, 1.82) is 0 Å². The van der Waals surface area contributed by atoms with Crippen molar-refractivity contribution < 1.29 is 13.9 Å². The Morgan fingerprint density at radius 2 is 2.16 bits per heavy atom. The van der Waals surface area contributed by atoms with E-state index in [1.807, 2.05) is 0 Å². The third-order valence-corrected chi connectivity index (χ3v) is 2.68. The van der Waals surface area contributed by atoms with Gasteiger partial charge in [0.25, 0.3) is 0 Å². The fourth-order valence-electron chi connectivity index (χ4n) is 1.40. The smallest absolute Gasteiger partial charge is 0.357 e. The van der Waals surface area contributed by atoms with E-state index in [4.69, 9.17) is 22.1 Å². The van der Waals surface area contributed by atoms with Gasteiger partial charge in [-0.3, -0.25) is 0 Å². The highest BCUT2D eigenvalue weighted by Crippen LogP contribution is 2.18. The SMILES string of the molecule is Nc1ccc(C(=O)OCc2cccc(Cl)c2F)nc1. The molecule has 98 valence electrons. The summed E-state index contributed by atoms with van der Waals surface area (Å²) in [5.74, 6) is -1.25. The Labute approximate surface area is 114 Å². The highest BCUT2D eigenvalue weighted by Gasteiger charge is 2.11. The van der Waals surface area contributed by atoms with Crippen LogP contribution in [0.2, 0.25) is 5.02 Å². The zero-order chi connectivity index (χ0) is 13.8. The second-order valence-electron chi connectivity index (χ2n) is 3.77. The molecule has 0 atom stereocenters. The number of nitrogen functional groups attached to an aromatic ring is 1. The van der Waals surface area contributed by atoms with Crippen molar-refractivity contribution in [3.05, 3.63) is 58.6 Å². The largest absolute Gasteiger partial charge is 0.456 e. The van der Waals surface area contributed by atoms with Crippen LogP contribution in [0.4, 0.5) is 10.1 Å². The van der Waals surface area contributed by atoms with Gasteiger partial charge in [0.1, 0.15) is 18.1 Å². The Balaban J connectivity index is 2.04. The number of nitrogens with zero attached hydrogens (tertiary/aromatic N) is 1. The summed E-state index contributed by atoms with van der Waals surface area (Å²) in [4.78, 5) is 15.5. The van der Waals surface area contributed by atoms with Crippen molar-refractivity contribution in [3.8, 4) is 0 Å². The summed E-state index contributed by atoms with van der Waals surface area (Å²) in [5, 5.41) is -0.0147. The Morgan fingerprint density at radius 3 is 2.84 bits per heavy atom. The number of rotatable bonds is 3. The highest BCUT2D eigenvalue weighted by atomic mass is 35.5. The molecule has 0 saturated heterocycles. The first kappa shape index (κ1) is 13.3. The zero-order valence-corrected chi connectivity index (χ0v) is 10.5. The van der Waals surface area contributed by atoms with Gasteiger partial charge in [-0.1, -0.05) is 23.7 Å². The minimum atomic E-state index is -0.653. The van der Waals surface area contributed by atoms with E-state index in [0.717, 1.165) is 0 Å². The van der Waals surface area contributed by atoms with Crippen molar-refractivity contribution in [2.45, 2.75) is 6.61 Å². The number of pyridine rings is 1. The lowest BCUT2D eigenvalue weighted by Crippen LogP contribution is -2.08. The van der Waals surface area contributed by atoms with E-state index in [0.29, 0.717) is 5.69 Å². The van der Waals surface area contributed by atoms with Crippen LogP contribution in [-0.2, 0) is 11.3 Å². The topological polar surface area (TPSA) is 65.2 Å². The van der Waals surface area contributed by atoms with Crippen LogP contribution in [0, 0.1) is 5.82 Å². The van der Waals surface area contributed by atoms with Crippen LogP contribution < -0.4 is 5.73 Å². The monoisotopic (exact) mass is 280 g/mol. The predicted molar refractivity (Wildman–Crippen MR) is 69.2 cm³/mol. The number of anilines is 1. The van der Waals surface area contributed by atoms with Crippen LogP contribution in [0.3, 0.4) is 0 Å². The van der Waals surface area contributed by atoms with Gasteiger partial charge in [-0.05, 0) is 18.2 Å². The molecule has 0 aliphatic rings. The Bertz CT molecular complexity index is 602. The Hall–Kier alpha value is -2.14. The third kappa shape index (κ3) is 3.20. The lowest BCUT2D eigenvalue weighted by Gasteiger charge is -2.06. The van der Waals surface area contributed by atoms with Crippen molar-refractivity contribution in [3.63, 3.8) is 0 Å². The second-order valence-corrected chi connectivity index (χ2v) is 4.17. The first-order chi connectivity index (χ1) is 9.08. The van der Waals surface area contributed by atoms with Crippen LogP contribution in [-0.4, -0.2) is 11.0 Å². The van der Waals surface area contributed by atoms with E-state index < -0.39 is 11.8 Å². The maximum atomic E-state index is 13.6. The molecule has 0 radical (unpaired) electrons. The van der Waals surface area contributed by atoms with Gasteiger partial charge in [-0.25, -0.2) is 14.2 Å².